The van der Waals surface area contributed by atoms with Gasteiger partial charge in [-0.15, -0.1) is 11.3 Å². The van der Waals surface area contributed by atoms with Gasteiger partial charge in [-0.05, 0) is 12.5 Å². The molecule has 1 aromatic carbocycles. The molecule has 0 saturated heterocycles. The highest BCUT2D eigenvalue weighted by atomic mass is 32.1. The molecule has 0 aliphatic rings. The molecule has 0 fully saturated rings. The lowest BCUT2D eigenvalue weighted by molar-refractivity contribution is -0.139. The summed E-state index contributed by atoms with van der Waals surface area (Å²) in [6, 6.07) is 11.5. The van der Waals surface area contributed by atoms with Crippen molar-refractivity contribution in [1.82, 2.24) is 9.55 Å². The second-order valence-corrected chi connectivity index (χ2v) is 6.24. The van der Waals surface area contributed by atoms with Crippen LogP contribution in [0.25, 0.3) is 21.3 Å². The highest BCUT2D eigenvalue weighted by Gasteiger charge is 2.17. The van der Waals surface area contributed by atoms with E-state index in [1.807, 2.05) is 41.8 Å². The number of hydrogen-bond acceptors (Lipinski definition) is 6. The highest BCUT2D eigenvalue weighted by molar-refractivity contribution is 7.17. The number of fused-ring (bicyclic) bond motifs is 1. The van der Waals surface area contributed by atoms with E-state index in [0.717, 1.165) is 11.1 Å². The number of allylic oxidation sites excluding steroid dienone is 1. The topological polar surface area (TPSA) is 85.0 Å². The van der Waals surface area contributed by atoms with Gasteiger partial charge in [-0.2, -0.15) is 5.26 Å². The Morgan fingerprint density at radius 1 is 1.38 bits per heavy atom. The maximum Gasteiger partial charge on any atom is 0.330 e. The molecule has 7 heteroatoms. The lowest BCUT2D eigenvalue weighted by atomic mass is 10.1. The average molecular weight is 365 g/mol. The molecule has 0 aliphatic heterocycles. The van der Waals surface area contributed by atoms with Gasteiger partial charge in [-0.25, -0.2) is 9.78 Å². The van der Waals surface area contributed by atoms with Crippen molar-refractivity contribution in [2.24, 2.45) is 0 Å². The number of hydrogen-bond donors (Lipinski definition) is 0. The summed E-state index contributed by atoms with van der Waals surface area (Å²) in [5, 5.41) is 11.4. The third-order valence-electron chi connectivity index (χ3n) is 3.73. The number of benzene rings is 1. The second-order valence-electron chi connectivity index (χ2n) is 5.38. The van der Waals surface area contributed by atoms with Gasteiger partial charge in [0.2, 0.25) is 0 Å². The first-order chi connectivity index (χ1) is 12.7. The van der Waals surface area contributed by atoms with E-state index in [2.05, 4.69) is 4.98 Å². The van der Waals surface area contributed by atoms with E-state index < -0.39 is 5.97 Å². The van der Waals surface area contributed by atoms with Gasteiger partial charge in [0, 0.05) is 17.0 Å². The minimum Gasteiger partial charge on any atom is -0.454 e. The van der Waals surface area contributed by atoms with Crippen LogP contribution in [0.3, 0.4) is 0 Å². The highest BCUT2D eigenvalue weighted by Crippen LogP contribution is 2.30. The summed E-state index contributed by atoms with van der Waals surface area (Å²) in [7, 11) is 0. The van der Waals surface area contributed by atoms with E-state index in [9.17, 15) is 9.59 Å². The molecular formula is C19H15N3O3S. The molecule has 0 radical (unpaired) electrons. The van der Waals surface area contributed by atoms with E-state index >= 15 is 0 Å². The van der Waals surface area contributed by atoms with E-state index in [4.69, 9.17) is 10.00 Å². The number of nitrogens with zero attached hydrogens (tertiary/aromatic N) is 3. The normalized spacial score (nSPS) is 10.9. The van der Waals surface area contributed by atoms with E-state index in [1.54, 1.807) is 13.0 Å². The first kappa shape index (κ1) is 17.6. The zero-order valence-corrected chi connectivity index (χ0v) is 14.8. The minimum atomic E-state index is -0.526. The number of carbonyl (C=O) groups is 1. The van der Waals surface area contributed by atoms with E-state index in [0.29, 0.717) is 10.2 Å². The number of thiophene rings is 1. The SMILES string of the molecule is C/C=C/C(=O)OCc1nc2scc(-c3ccccc3)c2c(=O)n1CC#N. The Bertz CT molecular complexity index is 1080. The van der Waals surface area contributed by atoms with Gasteiger partial charge in [-0.1, -0.05) is 36.4 Å². The van der Waals surface area contributed by atoms with E-state index in [1.165, 1.54) is 22.0 Å². The van der Waals surface area contributed by atoms with Crippen LogP contribution < -0.4 is 5.56 Å². The quantitative estimate of drug-likeness (QED) is 0.512. The molecular weight excluding hydrogens is 350 g/mol. The number of aromatic nitrogens is 2. The van der Waals surface area contributed by atoms with E-state index in [-0.39, 0.29) is 24.5 Å². The van der Waals surface area contributed by atoms with Crippen molar-refractivity contribution in [3.63, 3.8) is 0 Å². The molecule has 6 nitrogen and oxygen atoms in total. The van der Waals surface area contributed by atoms with Gasteiger partial charge in [0.15, 0.2) is 5.82 Å². The molecule has 0 atom stereocenters. The van der Waals surface area contributed by atoms with Gasteiger partial charge < -0.3 is 4.74 Å². The predicted octanol–water partition coefficient (Wildman–Crippen LogP) is 3.27. The Balaban J connectivity index is 2.11. The van der Waals surface area contributed by atoms with Crippen LogP contribution in [0.5, 0.6) is 0 Å². The van der Waals surface area contributed by atoms with Crippen LogP contribution in [0.1, 0.15) is 12.7 Å². The Morgan fingerprint density at radius 2 is 2.15 bits per heavy atom. The van der Waals surface area contributed by atoms with Crippen molar-refractivity contribution in [3.05, 3.63) is 64.0 Å². The smallest absolute Gasteiger partial charge is 0.330 e. The molecule has 0 spiro atoms. The molecule has 3 aromatic rings. The Labute approximate surface area is 153 Å². The summed E-state index contributed by atoms with van der Waals surface area (Å²) in [6.45, 7) is 1.37. The van der Waals surface area contributed by atoms with Crippen molar-refractivity contribution >= 4 is 27.5 Å². The van der Waals surface area contributed by atoms with Gasteiger partial charge >= 0.3 is 5.97 Å². The fourth-order valence-corrected chi connectivity index (χ4v) is 3.52. The Morgan fingerprint density at radius 3 is 2.85 bits per heavy atom. The zero-order valence-electron chi connectivity index (χ0n) is 14.0. The van der Waals surface area contributed by atoms with Gasteiger partial charge in [0.25, 0.3) is 5.56 Å². The third kappa shape index (κ3) is 3.41. The van der Waals surface area contributed by atoms with Crippen LogP contribution >= 0.6 is 11.3 Å². The van der Waals surface area contributed by atoms with Crippen molar-refractivity contribution < 1.29 is 9.53 Å². The fraction of sp³-hybridized carbons (Fsp3) is 0.158. The number of ether oxygens (including phenoxy) is 1. The maximum atomic E-state index is 13.0. The molecule has 2 heterocycles. The van der Waals surface area contributed by atoms with Crippen molar-refractivity contribution in [3.8, 4) is 17.2 Å². The summed E-state index contributed by atoms with van der Waals surface area (Å²) >= 11 is 1.35. The number of rotatable bonds is 5. The summed E-state index contributed by atoms with van der Waals surface area (Å²) in [6.07, 6.45) is 2.84. The molecule has 3 rings (SSSR count). The lowest BCUT2D eigenvalue weighted by Crippen LogP contribution is -2.25. The summed E-state index contributed by atoms with van der Waals surface area (Å²) in [5.41, 5.74) is 1.38. The standard InChI is InChI=1S/C19H15N3O3S/c1-2-6-16(23)25-11-15-21-18-17(19(24)22(15)10-9-20)14(12-26-18)13-7-4-3-5-8-13/h2-8,12H,10-11H2,1H3/b6-2+. The number of carbonyl (C=O) groups excluding carboxylic acids is 1. The minimum absolute atomic E-state index is 0.164. The van der Waals surface area contributed by atoms with Crippen LogP contribution in [0.2, 0.25) is 0 Å². The van der Waals surface area contributed by atoms with Gasteiger partial charge in [0.05, 0.1) is 11.5 Å². The first-order valence-electron chi connectivity index (χ1n) is 7.88. The molecule has 2 aromatic heterocycles. The second kappa shape index (κ2) is 7.76. The van der Waals surface area contributed by atoms with Crippen LogP contribution in [0.4, 0.5) is 0 Å². The summed E-state index contributed by atoms with van der Waals surface area (Å²) in [5.74, 6) is -0.273. The van der Waals surface area contributed by atoms with Crippen LogP contribution in [0, 0.1) is 11.3 Å². The van der Waals surface area contributed by atoms with Crippen molar-refractivity contribution in [1.29, 1.82) is 5.26 Å². The number of esters is 1. The molecule has 0 unspecified atom stereocenters. The molecule has 0 amide bonds. The Kier molecular flexibility index (Phi) is 5.25. The fourth-order valence-electron chi connectivity index (χ4n) is 2.56. The van der Waals surface area contributed by atoms with Gasteiger partial charge in [-0.3, -0.25) is 9.36 Å². The van der Waals surface area contributed by atoms with Crippen LogP contribution in [-0.2, 0) is 22.7 Å². The first-order valence-corrected chi connectivity index (χ1v) is 8.76. The molecule has 0 saturated carbocycles. The molecule has 0 bridgehead atoms. The summed E-state index contributed by atoms with van der Waals surface area (Å²) in [4.78, 5) is 29.5. The lowest BCUT2D eigenvalue weighted by Gasteiger charge is -2.10. The molecule has 26 heavy (non-hydrogen) atoms. The largest absolute Gasteiger partial charge is 0.454 e. The van der Waals surface area contributed by atoms with Crippen LogP contribution in [-0.4, -0.2) is 15.5 Å². The van der Waals surface area contributed by atoms with Gasteiger partial charge in [0.1, 0.15) is 18.0 Å². The third-order valence-corrected chi connectivity index (χ3v) is 4.60. The predicted molar refractivity (Wildman–Crippen MR) is 99.5 cm³/mol. The van der Waals surface area contributed by atoms with Crippen molar-refractivity contribution in [2.45, 2.75) is 20.1 Å². The van der Waals surface area contributed by atoms with Crippen molar-refractivity contribution in [2.75, 3.05) is 0 Å². The molecule has 130 valence electrons. The van der Waals surface area contributed by atoms with Crippen LogP contribution in [0.15, 0.2) is 52.7 Å². The molecule has 0 aliphatic carbocycles. The number of nitriles is 1. The Hall–Kier alpha value is -3.24. The monoisotopic (exact) mass is 365 g/mol. The zero-order chi connectivity index (χ0) is 18.5. The maximum absolute atomic E-state index is 13.0. The summed E-state index contributed by atoms with van der Waals surface area (Å²) < 4.78 is 6.35. The average Bonchev–Trinajstić information content (AvgIpc) is 3.08. The molecule has 0 N–H and O–H groups in total.